The van der Waals surface area contributed by atoms with Gasteiger partial charge in [0.05, 0.1) is 17.8 Å². The fourth-order valence-electron chi connectivity index (χ4n) is 4.14. The SMILES string of the molecule is N=C(N)N1CCC(C(=O)N2CCc3c(cccc3Nc3ccc(C(F)(F)F)nc3)C2)C1. The molecule has 0 spiro atoms. The number of pyridine rings is 1. The van der Waals surface area contributed by atoms with E-state index in [1.807, 2.05) is 23.1 Å². The molecular formula is C21H23F3N6O. The number of nitrogens with zero attached hydrogens (tertiary/aromatic N) is 3. The second kappa shape index (κ2) is 8.09. The van der Waals surface area contributed by atoms with E-state index >= 15 is 0 Å². The zero-order chi connectivity index (χ0) is 22.2. The lowest BCUT2D eigenvalue weighted by atomic mass is 9.96. The van der Waals surface area contributed by atoms with E-state index in [2.05, 4.69) is 10.3 Å². The molecule has 4 rings (SSSR count). The average Bonchev–Trinajstić information content (AvgIpc) is 3.23. The maximum atomic E-state index is 12.9. The van der Waals surface area contributed by atoms with Crippen molar-refractivity contribution in [3.05, 3.63) is 53.3 Å². The molecule has 164 valence electrons. The van der Waals surface area contributed by atoms with Crippen LogP contribution in [0.15, 0.2) is 36.5 Å². The Labute approximate surface area is 177 Å². The number of hydrogen-bond donors (Lipinski definition) is 3. The number of guanidine groups is 1. The molecule has 7 nitrogen and oxygen atoms in total. The van der Waals surface area contributed by atoms with Crippen molar-refractivity contribution < 1.29 is 18.0 Å². The lowest BCUT2D eigenvalue weighted by Crippen LogP contribution is -2.41. The second-order valence-electron chi connectivity index (χ2n) is 7.82. The van der Waals surface area contributed by atoms with Crippen LogP contribution in [-0.4, -0.2) is 46.3 Å². The Hall–Kier alpha value is -3.30. The van der Waals surface area contributed by atoms with Gasteiger partial charge in [0.15, 0.2) is 5.96 Å². The molecule has 1 aromatic heterocycles. The molecular weight excluding hydrogens is 409 g/mol. The zero-order valence-corrected chi connectivity index (χ0v) is 16.7. The zero-order valence-electron chi connectivity index (χ0n) is 16.7. The van der Waals surface area contributed by atoms with E-state index in [0.29, 0.717) is 44.7 Å². The Bertz CT molecular complexity index is 992. The van der Waals surface area contributed by atoms with Crippen molar-refractivity contribution >= 4 is 23.2 Å². The number of nitrogens with two attached hydrogens (primary N) is 1. The van der Waals surface area contributed by atoms with Crippen molar-refractivity contribution in [1.29, 1.82) is 5.41 Å². The van der Waals surface area contributed by atoms with Gasteiger partial charge in [-0.1, -0.05) is 12.1 Å². The van der Waals surface area contributed by atoms with E-state index in [1.54, 1.807) is 4.90 Å². The summed E-state index contributed by atoms with van der Waals surface area (Å²) < 4.78 is 38.1. The number of halogens is 3. The van der Waals surface area contributed by atoms with E-state index in [9.17, 15) is 18.0 Å². The van der Waals surface area contributed by atoms with Gasteiger partial charge in [-0.15, -0.1) is 0 Å². The Morgan fingerprint density at radius 3 is 2.65 bits per heavy atom. The van der Waals surface area contributed by atoms with Crippen LogP contribution < -0.4 is 11.1 Å². The number of carbonyl (C=O) groups is 1. The molecule has 0 saturated carbocycles. The molecule has 2 aliphatic rings. The van der Waals surface area contributed by atoms with Crippen LogP contribution in [0.3, 0.4) is 0 Å². The molecule has 0 aliphatic carbocycles. The van der Waals surface area contributed by atoms with Crippen LogP contribution in [0.5, 0.6) is 0 Å². The van der Waals surface area contributed by atoms with Gasteiger partial charge in [0.1, 0.15) is 5.69 Å². The minimum Gasteiger partial charge on any atom is -0.370 e. The van der Waals surface area contributed by atoms with E-state index in [0.717, 1.165) is 22.9 Å². The van der Waals surface area contributed by atoms with Gasteiger partial charge in [0.25, 0.3) is 0 Å². The van der Waals surface area contributed by atoms with Crippen LogP contribution in [0.2, 0.25) is 0 Å². The highest BCUT2D eigenvalue weighted by molar-refractivity contribution is 5.82. The van der Waals surface area contributed by atoms with E-state index in [4.69, 9.17) is 11.1 Å². The molecule has 0 radical (unpaired) electrons. The highest BCUT2D eigenvalue weighted by atomic mass is 19.4. The Morgan fingerprint density at radius 2 is 2.00 bits per heavy atom. The molecule has 2 aromatic rings. The Kier molecular flexibility index (Phi) is 5.47. The summed E-state index contributed by atoms with van der Waals surface area (Å²) in [6.07, 6.45) is -1.98. The van der Waals surface area contributed by atoms with Gasteiger partial charge >= 0.3 is 6.18 Å². The van der Waals surface area contributed by atoms with Gasteiger partial charge in [-0.25, -0.2) is 4.98 Å². The van der Waals surface area contributed by atoms with Crippen molar-refractivity contribution in [3.8, 4) is 0 Å². The number of carbonyl (C=O) groups excluding carboxylic acids is 1. The van der Waals surface area contributed by atoms with Crippen LogP contribution in [0.25, 0.3) is 0 Å². The molecule has 1 fully saturated rings. The summed E-state index contributed by atoms with van der Waals surface area (Å²) in [7, 11) is 0. The first-order valence-electron chi connectivity index (χ1n) is 10.0. The van der Waals surface area contributed by atoms with Crippen molar-refractivity contribution in [2.45, 2.75) is 25.6 Å². The lowest BCUT2D eigenvalue weighted by Gasteiger charge is -2.32. The summed E-state index contributed by atoms with van der Waals surface area (Å²) in [6, 6.07) is 8.00. The quantitative estimate of drug-likeness (QED) is 0.512. The van der Waals surface area contributed by atoms with Gasteiger partial charge < -0.3 is 20.9 Å². The third kappa shape index (κ3) is 4.42. The van der Waals surface area contributed by atoms with Crippen LogP contribution >= 0.6 is 0 Å². The fraction of sp³-hybridized carbons (Fsp3) is 0.381. The predicted molar refractivity (Wildman–Crippen MR) is 110 cm³/mol. The third-order valence-corrected chi connectivity index (χ3v) is 5.79. The largest absolute Gasteiger partial charge is 0.433 e. The predicted octanol–water partition coefficient (Wildman–Crippen LogP) is 2.94. The summed E-state index contributed by atoms with van der Waals surface area (Å²) in [4.78, 5) is 20.0. The average molecular weight is 432 g/mol. The van der Waals surface area contributed by atoms with Gasteiger partial charge in [0.2, 0.25) is 5.91 Å². The Balaban J connectivity index is 1.45. The number of hydrogen-bond acceptors (Lipinski definition) is 4. The number of benzene rings is 1. The van der Waals surface area contributed by atoms with Crippen LogP contribution in [0.4, 0.5) is 24.5 Å². The normalized spacial score (nSPS) is 18.6. The van der Waals surface area contributed by atoms with Gasteiger partial charge in [-0.2, -0.15) is 13.2 Å². The standard InChI is InChI=1S/C21H23F3N6O/c22-21(23,24)18-5-4-15(10-27-18)28-17-3-1-2-13-11-29(9-7-16(13)17)19(31)14-6-8-30(12-14)20(25)26/h1-5,10,14,28H,6-9,11-12H2,(H3,25,26). The monoisotopic (exact) mass is 432 g/mol. The Morgan fingerprint density at radius 1 is 1.19 bits per heavy atom. The van der Waals surface area contributed by atoms with Crippen LogP contribution in [0.1, 0.15) is 23.2 Å². The molecule has 0 bridgehead atoms. The molecule has 2 aliphatic heterocycles. The third-order valence-electron chi connectivity index (χ3n) is 5.79. The van der Waals surface area contributed by atoms with Gasteiger partial charge in [-0.05, 0) is 42.2 Å². The van der Waals surface area contributed by atoms with E-state index in [1.165, 1.54) is 12.3 Å². The second-order valence-corrected chi connectivity index (χ2v) is 7.82. The molecule has 1 saturated heterocycles. The summed E-state index contributed by atoms with van der Waals surface area (Å²) in [6.45, 7) is 2.13. The highest BCUT2D eigenvalue weighted by Gasteiger charge is 2.34. The number of nitrogens with one attached hydrogen (secondary N) is 2. The molecule has 1 unspecified atom stereocenters. The number of alkyl halides is 3. The van der Waals surface area contributed by atoms with Gasteiger partial charge in [0, 0.05) is 31.9 Å². The lowest BCUT2D eigenvalue weighted by molar-refractivity contribution is -0.141. The molecule has 1 atom stereocenters. The van der Waals surface area contributed by atoms with Crippen molar-refractivity contribution in [2.75, 3.05) is 25.0 Å². The molecule has 10 heteroatoms. The minimum absolute atomic E-state index is 0.00670. The summed E-state index contributed by atoms with van der Waals surface area (Å²) >= 11 is 0. The number of anilines is 2. The van der Waals surface area contributed by atoms with Crippen LogP contribution in [0, 0.1) is 11.3 Å². The topological polar surface area (TPSA) is 98.3 Å². The first kappa shape index (κ1) is 21.0. The summed E-state index contributed by atoms with van der Waals surface area (Å²) in [5.74, 6) is -0.0996. The molecule has 4 N–H and O–H groups in total. The highest BCUT2D eigenvalue weighted by Crippen LogP contribution is 2.31. The number of fused-ring (bicyclic) bond motifs is 1. The molecule has 1 amide bonds. The molecule has 1 aromatic carbocycles. The molecule has 3 heterocycles. The van der Waals surface area contributed by atoms with Crippen molar-refractivity contribution in [1.82, 2.24) is 14.8 Å². The van der Waals surface area contributed by atoms with E-state index < -0.39 is 11.9 Å². The van der Waals surface area contributed by atoms with Crippen molar-refractivity contribution in [3.63, 3.8) is 0 Å². The molecule has 31 heavy (non-hydrogen) atoms. The number of likely N-dealkylation sites (tertiary alicyclic amines) is 1. The summed E-state index contributed by atoms with van der Waals surface area (Å²) in [5.41, 5.74) is 7.91. The van der Waals surface area contributed by atoms with Crippen molar-refractivity contribution in [2.24, 2.45) is 11.7 Å². The van der Waals surface area contributed by atoms with Gasteiger partial charge in [-0.3, -0.25) is 10.2 Å². The number of aromatic nitrogens is 1. The smallest absolute Gasteiger partial charge is 0.370 e. The first-order chi connectivity index (χ1) is 14.7. The fourth-order valence-corrected chi connectivity index (χ4v) is 4.14. The number of amides is 1. The van der Waals surface area contributed by atoms with Crippen LogP contribution in [-0.2, 0) is 23.9 Å². The first-order valence-corrected chi connectivity index (χ1v) is 10.0. The van der Waals surface area contributed by atoms with E-state index in [-0.39, 0.29) is 17.8 Å². The number of rotatable bonds is 3. The maximum Gasteiger partial charge on any atom is 0.433 e. The minimum atomic E-state index is -4.47. The summed E-state index contributed by atoms with van der Waals surface area (Å²) in [5, 5.41) is 10.7. The maximum absolute atomic E-state index is 12.9.